The Bertz CT molecular complexity index is 420. The second-order valence-electron chi connectivity index (χ2n) is 4.51. The van der Waals surface area contributed by atoms with Gasteiger partial charge in [-0.15, -0.1) is 0 Å². The topological polar surface area (TPSA) is 45.0 Å². The quantitative estimate of drug-likeness (QED) is 0.931. The molecule has 0 amide bonds. The number of ether oxygens (including phenoxy) is 1. The van der Waals surface area contributed by atoms with E-state index in [2.05, 4.69) is 27.3 Å². The van der Waals surface area contributed by atoms with E-state index in [4.69, 9.17) is 4.74 Å². The van der Waals surface area contributed by atoms with Crippen LogP contribution in [0.4, 0.5) is 5.69 Å². The zero-order valence-corrected chi connectivity index (χ0v) is 11.3. The summed E-state index contributed by atoms with van der Waals surface area (Å²) in [6, 6.07) is 10.2. The molecule has 90 valence electrons. The van der Waals surface area contributed by atoms with Crippen molar-refractivity contribution in [1.29, 1.82) is 5.26 Å². The van der Waals surface area contributed by atoms with E-state index in [1.54, 1.807) is 0 Å². The number of anilines is 1. The van der Waals surface area contributed by atoms with Crippen molar-refractivity contribution in [2.75, 3.05) is 18.5 Å². The summed E-state index contributed by atoms with van der Waals surface area (Å²) < 4.78 is 6.40. The van der Waals surface area contributed by atoms with Crippen molar-refractivity contribution in [1.82, 2.24) is 0 Å². The molecule has 17 heavy (non-hydrogen) atoms. The van der Waals surface area contributed by atoms with Crippen molar-refractivity contribution in [3.05, 3.63) is 28.7 Å². The summed E-state index contributed by atoms with van der Waals surface area (Å²) in [6.07, 6.45) is 0.938. The largest absolute Gasteiger partial charge is 0.381 e. The monoisotopic (exact) mass is 294 g/mol. The molecule has 0 radical (unpaired) electrons. The van der Waals surface area contributed by atoms with Gasteiger partial charge in [-0.3, -0.25) is 0 Å². The third-order valence-electron chi connectivity index (χ3n) is 3.23. The minimum absolute atomic E-state index is 0.246. The van der Waals surface area contributed by atoms with Gasteiger partial charge in [0.1, 0.15) is 5.54 Å². The summed E-state index contributed by atoms with van der Waals surface area (Å²) >= 11 is 3.40. The summed E-state index contributed by atoms with van der Waals surface area (Å²) in [4.78, 5) is 0. The van der Waals surface area contributed by atoms with E-state index in [0.29, 0.717) is 6.61 Å². The first kappa shape index (κ1) is 12.4. The van der Waals surface area contributed by atoms with Crippen LogP contribution in [0.25, 0.3) is 0 Å². The van der Waals surface area contributed by atoms with Crippen LogP contribution in [0, 0.1) is 17.2 Å². The van der Waals surface area contributed by atoms with Gasteiger partial charge in [0.25, 0.3) is 0 Å². The maximum atomic E-state index is 9.38. The normalized spacial score (nSPS) is 22.8. The van der Waals surface area contributed by atoms with Crippen LogP contribution < -0.4 is 5.32 Å². The predicted molar refractivity (Wildman–Crippen MR) is 70.7 cm³/mol. The number of nitriles is 1. The fourth-order valence-electron chi connectivity index (χ4n) is 2.04. The van der Waals surface area contributed by atoms with Crippen molar-refractivity contribution in [3.63, 3.8) is 0 Å². The molecule has 0 bridgehead atoms. The molecule has 2 unspecified atom stereocenters. The fourth-order valence-corrected chi connectivity index (χ4v) is 2.31. The lowest BCUT2D eigenvalue weighted by atomic mass is 9.86. The standard InChI is InChI=1S/C13H15BrN2O/c1-13(9-15,10-6-7-17-8-10)16-12-4-2-11(14)3-5-12/h2-5,10,16H,6-8H2,1H3. The highest BCUT2D eigenvalue weighted by molar-refractivity contribution is 9.10. The summed E-state index contributed by atoms with van der Waals surface area (Å²) in [5.41, 5.74) is 0.397. The minimum atomic E-state index is -0.565. The van der Waals surface area contributed by atoms with E-state index in [1.165, 1.54) is 0 Å². The van der Waals surface area contributed by atoms with Crippen molar-refractivity contribution in [3.8, 4) is 6.07 Å². The molecule has 1 aromatic carbocycles. The van der Waals surface area contributed by atoms with Crippen LogP contribution in [0.2, 0.25) is 0 Å². The van der Waals surface area contributed by atoms with Gasteiger partial charge in [0.2, 0.25) is 0 Å². The Morgan fingerprint density at radius 2 is 2.18 bits per heavy atom. The van der Waals surface area contributed by atoms with E-state index in [0.717, 1.165) is 23.2 Å². The Kier molecular flexibility index (Phi) is 3.70. The Morgan fingerprint density at radius 1 is 1.47 bits per heavy atom. The number of hydrogen-bond acceptors (Lipinski definition) is 3. The van der Waals surface area contributed by atoms with Gasteiger partial charge in [-0.1, -0.05) is 15.9 Å². The molecule has 1 N–H and O–H groups in total. The summed E-state index contributed by atoms with van der Waals surface area (Å²) in [5.74, 6) is 0.246. The summed E-state index contributed by atoms with van der Waals surface area (Å²) in [7, 11) is 0. The lowest BCUT2D eigenvalue weighted by Gasteiger charge is -2.29. The summed E-state index contributed by atoms with van der Waals surface area (Å²) in [6.45, 7) is 3.35. The molecule has 1 heterocycles. The van der Waals surface area contributed by atoms with E-state index >= 15 is 0 Å². The van der Waals surface area contributed by atoms with Gasteiger partial charge in [-0.05, 0) is 37.6 Å². The first-order valence-corrected chi connectivity index (χ1v) is 6.46. The lowest BCUT2D eigenvalue weighted by molar-refractivity contribution is 0.178. The molecule has 0 aliphatic carbocycles. The van der Waals surface area contributed by atoms with Gasteiger partial charge < -0.3 is 10.1 Å². The maximum Gasteiger partial charge on any atom is 0.127 e. The van der Waals surface area contributed by atoms with Gasteiger partial charge in [-0.2, -0.15) is 5.26 Å². The van der Waals surface area contributed by atoms with Gasteiger partial charge in [-0.25, -0.2) is 0 Å². The molecule has 2 atom stereocenters. The van der Waals surface area contributed by atoms with Crippen LogP contribution in [-0.4, -0.2) is 18.8 Å². The van der Waals surface area contributed by atoms with Crippen LogP contribution in [0.1, 0.15) is 13.3 Å². The van der Waals surface area contributed by atoms with Crippen molar-refractivity contribution >= 4 is 21.6 Å². The zero-order valence-electron chi connectivity index (χ0n) is 9.74. The first-order valence-electron chi connectivity index (χ1n) is 5.67. The number of rotatable bonds is 3. The highest BCUT2D eigenvalue weighted by atomic mass is 79.9. The molecule has 1 fully saturated rings. The number of nitrogens with zero attached hydrogens (tertiary/aromatic N) is 1. The van der Waals surface area contributed by atoms with Crippen molar-refractivity contribution in [2.45, 2.75) is 18.9 Å². The van der Waals surface area contributed by atoms with Crippen LogP contribution in [0.5, 0.6) is 0 Å². The number of hydrogen-bond donors (Lipinski definition) is 1. The second-order valence-corrected chi connectivity index (χ2v) is 5.42. The van der Waals surface area contributed by atoms with E-state index in [9.17, 15) is 5.26 Å². The molecule has 3 nitrogen and oxygen atoms in total. The number of nitrogens with one attached hydrogen (secondary N) is 1. The molecule has 0 spiro atoms. The molecule has 1 aliphatic heterocycles. The molecule has 2 rings (SSSR count). The molecule has 0 saturated carbocycles. The van der Waals surface area contributed by atoms with Crippen molar-refractivity contribution in [2.24, 2.45) is 5.92 Å². The average molecular weight is 295 g/mol. The fraction of sp³-hybridized carbons (Fsp3) is 0.462. The Morgan fingerprint density at radius 3 is 2.71 bits per heavy atom. The molecule has 1 saturated heterocycles. The van der Waals surface area contributed by atoms with E-state index in [1.807, 2.05) is 31.2 Å². The molecule has 4 heteroatoms. The zero-order chi connectivity index (χ0) is 12.3. The minimum Gasteiger partial charge on any atom is -0.381 e. The third kappa shape index (κ3) is 2.80. The highest BCUT2D eigenvalue weighted by Crippen LogP contribution is 2.29. The first-order chi connectivity index (χ1) is 8.14. The Hall–Kier alpha value is -1.05. The molecule has 0 aromatic heterocycles. The lowest BCUT2D eigenvalue weighted by Crippen LogP contribution is -2.41. The van der Waals surface area contributed by atoms with Gasteiger partial charge >= 0.3 is 0 Å². The van der Waals surface area contributed by atoms with Crippen molar-refractivity contribution < 1.29 is 4.74 Å². The van der Waals surface area contributed by atoms with Crippen LogP contribution >= 0.6 is 15.9 Å². The number of benzene rings is 1. The van der Waals surface area contributed by atoms with Crippen LogP contribution in [0.15, 0.2) is 28.7 Å². The summed E-state index contributed by atoms with van der Waals surface area (Å²) in [5, 5.41) is 12.7. The number of halogens is 1. The van der Waals surface area contributed by atoms with E-state index < -0.39 is 5.54 Å². The van der Waals surface area contributed by atoms with Crippen LogP contribution in [-0.2, 0) is 4.74 Å². The Labute approximate surface area is 110 Å². The second kappa shape index (κ2) is 5.07. The molecule has 1 aliphatic rings. The predicted octanol–water partition coefficient (Wildman–Crippen LogP) is 3.18. The maximum absolute atomic E-state index is 9.38. The Balaban J connectivity index is 2.14. The SMILES string of the molecule is CC(C#N)(Nc1ccc(Br)cc1)C1CCOC1. The molecule has 1 aromatic rings. The molecular weight excluding hydrogens is 280 g/mol. The highest BCUT2D eigenvalue weighted by Gasteiger charge is 2.36. The average Bonchev–Trinajstić information content (AvgIpc) is 2.86. The molecular formula is C13H15BrN2O. The van der Waals surface area contributed by atoms with Gasteiger partial charge in [0.15, 0.2) is 0 Å². The van der Waals surface area contributed by atoms with E-state index in [-0.39, 0.29) is 5.92 Å². The van der Waals surface area contributed by atoms with Gasteiger partial charge in [0.05, 0.1) is 12.7 Å². The van der Waals surface area contributed by atoms with Crippen LogP contribution in [0.3, 0.4) is 0 Å². The smallest absolute Gasteiger partial charge is 0.127 e. The van der Waals surface area contributed by atoms with Gasteiger partial charge in [0, 0.05) is 22.7 Å². The third-order valence-corrected chi connectivity index (χ3v) is 3.76.